The maximum atomic E-state index is 3.66. The summed E-state index contributed by atoms with van der Waals surface area (Å²) in [6.45, 7) is 1.23. The minimum atomic E-state index is 0. The van der Waals surface area contributed by atoms with E-state index in [2.05, 4.69) is 29.6 Å². The third-order valence-corrected chi connectivity index (χ3v) is 3.77. The zero-order valence-corrected chi connectivity index (χ0v) is 10.6. The maximum absolute atomic E-state index is 3.66. The van der Waals surface area contributed by atoms with Crippen molar-refractivity contribution in [3.63, 3.8) is 0 Å². The number of piperidine rings is 1. The average molecular weight is 268 g/mol. The first-order chi connectivity index (χ1) is 6.93. The predicted octanol–water partition coefficient (Wildman–Crippen LogP) is 2.73. The summed E-state index contributed by atoms with van der Waals surface area (Å²) in [4.78, 5) is 0. The van der Waals surface area contributed by atoms with Crippen LogP contribution in [0.25, 0.3) is 0 Å². The molecule has 1 aromatic rings. The molecule has 1 N–H and O–H groups in total. The van der Waals surface area contributed by atoms with Crippen LogP contribution in [0.2, 0.25) is 0 Å². The van der Waals surface area contributed by atoms with E-state index in [1.165, 1.54) is 32.2 Å². The highest BCUT2D eigenvalue weighted by atomic mass is 79.9. The maximum Gasteiger partial charge on any atom is 0.0139 e. The van der Waals surface area contributed by atoms with Crippen molar-refractivity contribution in [3.8, 4) is 0 Å². The number of halogens is 1. The molecular formula is C13H18BrN. The molecule has 1 fully saturated rings. The van der Waals surface area contributed by atoms with Crippen molar-refractivity contribution in [1.82, 2.24) is 5.32 Å². The van der Waals surface area contributed by atoms with Gasteiger partial charge in [-0.05, 0) is 49.3 Å². The van der Waals surface area contributed by atoms with Crippen LogP contribution in [0.3, 0.4) is 0 Å². The van der Waals surface area contributed by atoms with Gasteiger partial charge in [0.05, 0.1) is 0 Å². The molecule has 1 aliphatic heterocycles. The van der Waals surface area contributed by atoms with E-state index in [1.54, 1.807) is 11.1 Å². The van der Waals surface area contributed by atoms with Crippen molar-refractivity contribution in [3.05, 3.63) is 35.4 Å². The lowest BCUT2D eigenvalue weighted by Crippen LogP contribution is -2.45. The molecule has 82 valence electrons. The number of rotatable bonds is 0. The number of fused-ring (bicyclic) bond motifs is 2. The Morgan fingerprint density at radius 3 is 2.60 bits per heavy atom. The average Bonchev–Trinajstić information content (AvgIpc) is 2.26. The fourth-order valence-electron chi connectivity index (χ4n) is 2.98. The highest BCUT2D eigenvalue weighted by Crippen LogP contribution is 2.30. The fraction of sp³-hybridized carbons (Fsp3) is 0.538. The first kappa shape index (κ1) is 11.2. The van der Waals surface area contributed by atoms with Gasteiger partial charge in [0.15, 0.2) is 0 Å². The third-order valence-electron chi connectivity index (χ3n) is 3.77. The van der Waals surface area contributed by atoms with Crippen molar-refractivity contribution in [1.29, 1.82) is 0 Å². The lowest BCUT2D eigenvalue weighted by Gasteiger charge is -2.37. The number of benzene rings is 1. The molecule has 0 spiro atoms. The van der Waals surface area contributed by atoms with Crippen LogP contribution < -0.4 is 5.32 Å². The standard InChI is InChI=1S/C13H17N.BrH/c1-2-5-11-9-13-12(6-3-7-14-13)8-10(11)4-1;/h1-2,4-5,12-14H,3,6-9H2;1H/t12-,13+;/m0./s1. The Labute approximate surface area is 102 Å². The predicted molar refractivity (Wildman–Crippen MR) is 68.7 cm³/mol. The van der Waals surface area contributed by atoms with Crippen LogP contribution in [0.1, 0.15) is 24.0 Å². The van der Waals surface area contributed by atoms with Crippen LogP contribution in [-0.2, 0) is 12.8 Å². The van der Waals surface area contributed by atoms with Crippen molar-refractivity contribution in [2.45, 2.75) is 31.7 Å². The second-order valence-corrected chi connectivity index (χ2v) is 4.64. The van der Waals surface area contributed by atoms with Gasteiger partial charge in [0.2, 0.25) is 0 Å². The van der Waals surface area contributed by atoms with Gasteiger partial charge in [0.25, 0.3) is 0 Å². The number of hydrogen-bond acceptors (Lipinski definition) is 1. The molecule has 15 heavy (non-hydrogen) atoms. The van der Waals surface area contributed by atoms with E-state index in [-0.39, 0.29) is 17.0 Å². The third kappa shape index (κ3) is 2.11. The fourth-order valence-corrected chi connectivity index (χ4v) is 2.98. The van der Waals surface area contributed by atoms with Gasteiger partial charge in [0, 0.05) is 6.04 Å². The van der Waals surface area contributed by atoms with Crippen molar-refractivity contribution < 1.29 is 0 Å². The van der Waals surface area contributed by atoms with Crippen molar-refractivity contribution in [2.75, 3.05) is 6.54 Å². The van der Waals surface area contributed by atoms with Gasteiger partial charge < -0.3 is 5.32 Å². The molecular weight excluding hydrogens is 250 g/mol. The topological polar surface area (TPSA) is 12.0 Å². The Balaban J connectivity index is 0.000000853. The molecule has 1 heterocycles. The van der Waals surface area contributed by atoms with Gasteiger partial charge in [-0.3, -0.25) is 0 Å². The molecule has 0 aromatic heterocycles. The Morgan fingerprint density at radius 2 is 1.80 bits per heavy atom. The Kier molecular flexibility index (Phi) is 3.47. The quantitative estimate of drug-likeness (QED) is 0.763. The summed E-state index contributed by atoms with van der Waals surface area (Å²) < 4.78 is 0. The Morgan fingerprint density at radius 1 is 1.07 bits per heavy atom. The Bertz CT molecular complexity index is 304. The van der Waals surface area contributed by atoms with Crippen molar-refractivity contribution in [2.24, 2.45) is 5.92 Å². The van der Waals surface area contributed by atoms with Crippen LogP contribution in [-0.4, -0.2) is 12.6 Å². The molecule has 1 aromatic carbocycles. The van der Waals surface area contributed by atoms with E-state index in [9.17, 15) is 0 Å². The normalized spacial score (nSPS) is 28.5. The molecule has 0 unspecified atom stereocenters. The first-order valence-electron chi connectivity index (χ1n) is 5.73. The number of hydrogen-bond donors (Lipinski definition) is 1. The summed E-state index contributed by atoms with van der Waals surface area (Å²) in [7, 11) is 0. The molecule has 1 aliphatic carbocycles. The second kappa shape index (κ2) is 4.67. The van der Waals surface area contributed by atoms with E-state index >= 15 is 0 Å². The SMILES string of the molecule is Br.c1ccc2c(c1)C[C@@H]1CCCN[C@@H]1C2. The summed E-state index contributed by atoms with van der Waals surface area (Å²) in [6, 6.07) is 9.71. The molecule has 0 radical (unpaired) electrons. The van der Waals surface area contributed by atoms with Gasteiger partial charge in [-0.1, -0.05) is 24.3 Å². The van der Waals surface area contributed by atoms with Crippen LogP contribution >= 0.6 is 17.0 Å². The minimum absolute atomic E-state index is 0. The number of nitrogens with one attached hydrogen (secondary N) is 1. The van der Waals surface area contributed by atoms with Gasteiger partial charge in [-0.15, -0.1) is 17.0 Å². The van der Waals surface area contributed by atoms with Crippen molar-refractivity contribution >= 4 is 17.0 Å². The van der Waals surface area contributed by atoms with Gasteiger partial charge in [-0.25, -0.2) is 0 Å². The molecule has 0 amide bonds. The Hall–Kier alpha value is -0.340. The summed E-state index contributed by atoms with van der Waals surface area (Å²) in [6.07, 6.45) is 5.34. The van der Waals surface area contributed by atoms with Gasteiger partial charge in [-0.2, -0.15) is 0 Å². The molecule has 3 rings (SSSR count). The molecule has 2 heteroatoms. The highest BCUT2D eigenvalue weighted by Gasteiger charge is 2.29. The van der Waals surface area contributed by atoms with E-state index in [1.807, 2.05) is 0 Å². The van der Waals surface area contributed by atoms with Crippen LogP contribution in [0.4, 0.5) is 0 Å². The van der Waals surface area contributed by atoms with Gasteiger partial charge in [0.1, 0.15) is 0 Å². The van der Waals surface area contributed by atoms with E-state index in [4.69, 9.17) is 0 Å². The second-order valence-electron chi connectivity index (χ2n) is 4.64. The van der Waals surface area contributed by atoms with Gasteiger partial charge >= 0.3 is 0 Å². The minimum Gasteiger partial charge on any atom is -0.313 e. The van der Waals surface area contributed by atoms with Crippen LogP contribution in [0.15, 0.2) is 24.3 Å². The van der Waals surface area contributed by atoms with E-state index in [0.29, 0.717) is 0 Å². The highest BCUT2D eigenvalue weighted by molar-refractivity contribution is 8.93. The smallest absolute Gasteiger partial charge is 0.0139 e. The lowest BCUT2D eigenvalue weighted by molar-refractivity contribution is 0.263. The zero-order valence-electron chi connectivity index (χ0n) is 8.91. The monoisotopic (exact) mass is 267 g/mol. The van der Waals surface area contributed by atoms with Crippen LogP contribution in [0, 0.1) is 5.92 Å². The van der Waals surface area contributed by atoms with E-state index < -0.39 is 0 Å². The summed E-state index contributed by atoms with van der Waals surface area (Å²) in [5, 5.41) is 3.66. The molecule has 0 saturated carbocycles. The molecule has 1 nitrogen and oxygen atoms in total. The zero-order chi connectivity index (χ0) is 9.38. The summed E-state index contributed by atoms with van der Waals surface area (Å²) >= 11 is 0. The summed E-state index contributed by atoms with van der Waals surface area (Å²) in [5.74, 6) is 0.902. The summed E-state index contributed by atoms with van der Waals surface area (Å²) in [5.41, 5.74) is 3.17. The first-order valence-corrected chi connectivity index (χ1v) is 5.73. The molecule has 0 bridgehead atoms. The molecule has 2 atom stereocenters. The molecule has 2 aliphatic rings. The van der Waals surface area contributed by atoms with E-state index in [0.717, 1.165) is 12.0 Å². The largest absolute Gasteiger partial charge is 0.313 e. The molecule has 1 saturated heterocycles. The van der Waals surface area contributed by atoms with Crippen LogP contribution in [0.5, 0.6) is 0 Å². The lowest BCUT2D eigenvalue weighted by atomic mass is 9.76.